The van der Waals surface area contributed by atoms with Crippen LogP contribution in [0.4, 0.5) is 4.39 Å². The second kappa shape index (κ2) is 6.15. The molecule has 0 fully saturated rings. The minimum absolute atomic E-state index is 0.297. The van der Waals surface area contributed by atoms with Crippen molar-refractivity contribution in [1.29, 1.82) is 0 Å². The van der Waals surface area contributed by atoms with E-state index in [-0.39, 0.29) is 5.91 Å². The first-order chi connectivity index (χ1) is 8.10. The zero-order chi connectivity index (χ0) is 12.8. The van der Waals surface area contributed by atoms with Crippen LogP contribution in [0, 0.1) is 12.7 Å². The summed E-state index contributed by atoms with van der Waals surface area (Å²) >= 11 is 0. The van der Waals surface area contributed by atoms with E-state index in [9.17, 15) is 9.18 Å². The van der Waals surface area contributed by atoms with Crippen LogP contribution in [0.15, 0.2) is 18.7 Å². The van der Waals surface area contributed by atoms with E-state index in [0.717, 1.165) is 5.56 Å². The minimum atomic E-state index is -0.442. The number of carbonyl (C=O) groups excluding carboxylic acids is 1. The molecule has 4 heteroatoms. The van der Waals surface area contributed by atoms with Crippen LogP contribution < -0.4 is 5.32 Å². The summed E-state index contributed by atoms with van der Waals surface area (Å²) in [4.78, 5) is 11.7. The number of hydrogen-bond donors (Lipinski definition) is 1. The van der Waals surface area contributed by atoms with Crippen molar-refractivity contribution in [2.24, 2.45) is 0 Å². The molecule has 0 atom stereocenters. The zero-order valence-corrected chi connectivity index (χ0v) is 10.0. The predicted octanol–water partition coefficient (Wildman–Crippen LogP) is 2.15. The first-order valence-corrected chi connectivity index (χ1v) is 5.30. The number of benzene rings is 1. The molecule has 0 aromatic heterocycles. The van der Waals surface area contributed by atoms with Gasteiger partial charge in [0.05, 0.1) is 6.61 Å². The molecule has 0 bridgehead atoms. The topological polar surface area (TPSA) is 38.3 Å². The second-order valence-electron chi connectivity index (χ2n) is 3.64. The van der Waals surface area contributed by atoms with Gasteiger partial charge in [-0.05, 0) is 24.6 Å². The van der Waals surface area contributed by atoms with Gasteiger partial charge in [0.2, 0.25) is 0 Å². The summed E-state index contributed by atoms with van der Waals surface area (Å²) in [7, 11) is 1.55. The Morgan fingerprint density at radius 2 is 2.29 bits per heavy atom. The van der Waals surface area contributed by atoms with Crippen molar-refractivity contribution in [1.82, 2.24) is 5.32 Å². The molecule has 0 aliphatic carbocycles. The summed E-state index contributed by atoms with van der Waals surface area (Å²) in [6.07, 6.45) is 1.43. The van der Waals surface area contributed by atoms with E-state index in [1.54, 1.807) is 20.1 Å². The third-order valence-electron chi connectivity index (χ3n) is 2.40. The number of hydrogen-bond acceptors (Lipinski definition) is 2. The van der Waals surface area contributed by atoms with Crippen molar-refractivity contribution in [2.75, 3.05) is 20.3 Å². The van der Waals surface area contributed by atoms with Gasteiger partial charge >= 0.3 is 0 Å². The van der Waals surface area contributed by atoms with Gasteiger partial charge in [-0.15, -0.1) is 0 Å². The first-order valence-electron chi connectivity index (χ1n) is 5.30. The number of aryl methyl sites for hydroxylation is 1. The Hall–Kier alpha value is -1.68. The highest BCUT2D eigenvalue weighted by Crippen LogP contribution is 2.16. The Morgan fingerprint density at radius 3 is 2.88 bits per heavy atom. The quantitative estimate of drug-likeness (QED) is 0.797. The highest BCUT2D eigenvalue weighted by atomic mass is 19.1. The zero-order valence-electron chi connectivity index (χ0n) is 10.0. The number of ether oxygens (including phenoxy) is 1. The SMILES string of the molecule is C=Cc1cc(C)c(C(=O)NCCOC)cc1F. The monoisotopic (exact) mass is 237 g/mol. The van der Waals surface area contributed by atoms with Gasteiger partial charge in [0.25, 0.3) is 5.91 Å². The lowest BCUT2D eigenvalue weighted by atomic mass is 10.0. The summed E-state index contributed by atoms with van der Waals surface area (Å²) < 4.78 is 18.3. The fourth-order valence-electron chi connectivity index (χ4n) is 1.47. The van der Waals surface area contributed by atoms with Crippen molar-refractivity contribution in [3.05, 3.63) is 41.2 Å². The van der Waals surface area contributed by atoms with Crippen molar-refractivity contribution >= 4 is 12.0 Å². The maximum atomic E-state index is 13.5. The Morgan fingerprint density at radius 1 is 1.59 bits per heavy atom. The summed E-state index contributed by atoms with van der Waals surface area (Å²) in [6.45, 7) is 6.10. The van der Waals surface area contributed by atoms with E-state index in [1.165, 1.54) is 12.1 Å². The molecule has 1 amide bonds. The molecule has 0 saturated heterocycles. The highest BCUT2D eigenvalue weighted by Gasteiger charge is 2.11. The molecule has 0 spiro atoms. The molecule has 0 aliphatic heterocycles. The molecule has 1 aromatic rings. The molecule has 17 heavy (non-hydrogen) atoms. The van der Waals surface area contributed by atoms with Crippen LogP contribution in [0.2, 0.25) is 0 Å². The largest absolute Gasteiger partial charge is 0.383 e. The van der Waals surface area contributed by atoms with E-state index in [1.807, 2.05) is 0 Å². The summed E-state index contributed by atoms with van der Waals surface area (Å²) in [5, 5.41) is 2.65. The molecule has 0 radical (unpaired) electrons. The Balaban J connectivity index is 2.87. The molecule has 1 N–H and O–H groups in total. The van der Waals surface area contributed by atoms with Gasteiger partial charge in [-0.25, -0.2) is 4.39 Å². The number of methoxy groups -OCH3 is 1. The van der Waals surface area contributed by atoms with Crippen LogP contribution in [0.1, 0.15) is 21.5 Å². The van der Waals surface area contributed by atoms with Crippen molar-refractivity contribution in [2.45, 2.75) is 6.92 Å². The molecule has 1 rings (SSSR count). The van der Waals surface area contributed by atoms with Crippen molar-refractivity contribution in [3.63, 3.8) is 0 Å². The van der Waals surface area contributed by atoms with E-state index in [2.05, 4.69) is 11.9 Å². The molecule has 0 aliphatic rings. The third-order valence-corrected chi connectivity index (χ3v) is 2.40. The number of amides is 1. The fourth-order valence-corrected chi connectivity index (χ4v) is 1.47. The van der Waals surface area contributed by atoms with Crippen LogP contribution in [0.5, 0.6) is 0 Å². The summed E-state index contributed by atoms with van der Waals surface area (Å²) in [6, 6.07) is 2.84. The van der Waals surface area contributed by atoms with Crippen LogP contribution in [-0.2, 0) is 4.74 Å². The number of halogens is 1. The Kier molecular flexibility index (Phi) is 4.84. The molecule has 0 saturated carbocycles. The standard InChI is InChI=1S/C13H16FNO2/c1-4-10-7-9(2)11(8-12(10)14)13(16)15-5-6-17-3/h4,7-8H,1,5-6H2,2-3H3,(H,15,16). The molecule has 3 nitrogen and oxygen atoms in total. The van der Waals surface area contributed by atoms with Crippen LogP contribution in [0.25, 0.3) is 6.08 Å². The maximum Gasteiger partial charge on any atom is 0.251 e. The molecular weight excluding hydrogens is 221 g/mol. The molecule has 1 aromatic carbocycles. The molecule has 92 valence electrons. The lowest BCUT2D eigenvalue weighted by molar-refractivity contribution is 0.0936. The van der Waals surface area contributed by atoms with Crippen molar-refractivity contribution in [3.8, 4) is 0 Å². The van der Waals surface area contributed by atoms with Gasteiger partial charge in [0.15, 0.2) is 0 Å². The smallest absolute Gasteiger partial charge is 0.251 e. The van der Waals surface area contributed by atoms with Gasteiger partial charge in [0.1, 0.15) is 5.82 Å². The highest BCUT2D eigenvalue weighted by molar-refractivity contribution is 5.95. The number of carbonyl (C=O) groups is 1. The van der Waals surface area contributed by atoms with E-state index >= 15 is 0 Å². The first kappa shape index (κ1) is 13.4. The predicted molar refractivity (Wildman–Crippen MR) is 65.4 cm³/mol. The lowest BCUT2D eigenvalue weighted by Gasteiger charge is -2.09. The van der Waals surface area contributed by atoms with Gasteiger partial charge in [0, 0.05) is 24.8 Å². The number of nitrogens with one attached hydrogen (secondary N) is 1. The molecule has 0 heterocycles. The van der Waals surface area contributed by atoms with Crippen LogP contribution in [-0.4, -0.2) is 26.2 Å². The van der Waals surface area contributed by atoms with E-state index in [4.69, 9.17) is 4.74 Å². The van der Waals surface area contributed by atoms with Crippen LogP contribution in [0.3, 0.4) is 0 Å². The van der Waals surface area contributed by atoms with Crippen molar-refractivity contribution < 1.29 is 13.9 Å². The average Bonchev–Trinajstić information content (AvgIpc) is 2.31. The molecule has 0 unspecified atom stereocenters. The minimum Gasteiger partial charge on any atom is -0.383 e. The third kappa shape index (κ3) is 3.39. The average molecular weight is 237 g/mol. The van der Waals surface area contributed by atoms with E-state index < -0.39 is 5.82 Å². The van der Waals surface area contributed by atoms with Gasteiger partial charge < -0.3 is 10.1 Å². The summed E-state index contributed by atoms with van der Waals surface area (Å²) in [5.74, 6) is -0.739. The van der Waals surface area contributed by atoms with Gasteiger partial charge in [-0.1, -0.05) is 12.7 Å². The fraction of sp³-hybridized carbons (Fsp3) is 0.308. The second-order valence-corrected chi connectivity index (χ2v) is 3.64. The van der Waals surface area contributed by atoms with Gasteiger partial charge in [-0.2, -0.15) is 0 Å². The Bertz CT molecular complexity index is 430. The number of rotatable bonds is 5. The van der Waals surface area contributed by atoms with E-state index in [0.29, 0.717) is 24.3 Å². The Labute approximate surface area is 100 Å². The normalized spacial score (nSPS) is 10.1. The molecular formula is C13H16FNO2. The summed E-state index contributed by atoms with van der Waals surface area (Å²) in [5.41, 5.74) is 1.45. The lowest BCUT2D eigenvalue weighted by Crippen LogP contribution is -2.27. The van der Waals surface area contributed by atoms with Gasteiger partial charge in [-0.3, -0.25) is 4.79 Å². The maximum absolute atomic E-state index is 13.5. The van der Waals surface area contributed by atoms with Crippen LogP contribution >= 0.6 is 0 Å².